The Balaban J connectivity index is 2.04. The smallest absolute Gasteiger partial charge is 0.264 e. The van der Waals surface area contributed by atoms with Gasteiger partial charge in [-0.3, -0.25) is 4.31 Å². The number of hydrogen-bond donors (Lipinski definition) is 0. The van der Waals surface area contributed by atoms with E-state index in [0.717, 1.165) is 12.8 Å². The monoisotopic (exact) mass is 333 g/mol. The largest absolute Gasteiger partial charge is 0.497 e. The van der Waals surface area contributed by atoms with Crippen LogP contribution in [0.15, 0.2) is 53.4 Å². The van der Waals surface area contributed by atoms with Crippen LogP contribution in [0.25, 0.3) is 0 Å². The maximum atomic E-state index is 13.0. The second-order valence-electron chi connectivity index (χ2n) is 5.28. The fourth-order valence-electron chi connectivity index (χ4n) is 2.57. The molecule has 0 spiro atoms. The van der Waals surface area contributed by atoms with Gasteiger partial charge in [0.1, 0.15) is 11.5 Å². The Kier molecular flexibility index (Phi) is 4.43. The minimum Gasteiger partial charge on any atom is -0.497 e. The molecule has 23 heavy (non-hydrogen) atoms. The van der Waals surface area contributed by atoms with Gasteiger partial charge in [-0.1, -0.05) is 12.1 Å². The second kappa shape index (κ2) is 6.50. The van der Waals surface area contributed by atoms with E-state index in [1.54, 1.807) is 43.5 Å². The van der Waals surface area contributed by atoms with E-state index in [0.29, 0.717) is 30.3 Å². The van der Waals surface area contributed by atoms with Crippen molar-refractivity contribution in [3.05, 3.63) is 48.5 Å². The predicted molar refractivity (Wildman–Crippen MR) is 88.7 cm³/mol. The number of anilines is 1. The van der Waals surface area contributed by atoms with Gasteiger partial charge in [0.2, 0.25) is 0 Å². The summed E-state index contributed by atoms with van der Waals surface area (Å²) in [4.78, 5) is 0.244. The molecule has 0 aliphatic carbocycles. The highest BCUT2D eigenvalue weighted by atomic mass is 32.2. The van der Waals surface area contributed by atoms with Crippen molar-refractivity contribution in [2.24, 2.45) is 0 Å². The molecule has 3 rings (SSSR count). The molecular formula is C17H19NO4S. The molecule has 6 heteroatoms. The number of para-hydroxylation sites is 2. The quantitative estimate of drug-likeness (QED) is 0.866. The van der Waals surface area contributed by atoms with Gasteiger partial charge in [-0.05, 0) is 49.2 Å². The van der Waals surface area contributed by atoms with Crippen LogP contribution >= 0.6 is 0 Å². The summed E-state index contributed by atoms with van der Waals surface area (Å²) in [5.41, 5.74) is 0.586. The second-order valence-corrected chi connectivity index (χ2v) is 7.14. The molecule has 0 fully saturated rings. The van der Waals surface area contributed by atoms with E-state index in [2.05, 4.69) is 0 Å². The molecule has 2 aromatic carbocycles. The number of nitrogens with zero attached hydrogens (tertiary/aromatic N) is 1. The van der Waals surface area contributed by atoms with Gasteiger partial charge >= 0.3 is 0 Å². The third-order valence-electron chi connectivity index (χ3n) is 3.79. The number of ether oxygens (including phenoxy) is 2. The topological polar surface area (TPSA) is 55.8 Å². The lowest BCUT2D eigenvalue weighted by molar-refractivity contribution is 0.304. The van der Waals surface area contributed by atoms with Gasteiger partial charge in [0.25, 0.3) is 10.0 Å². The van der Waals surface area contributed by atoms with Crippen LogP contribution in [-0.2, 0) is 10.0 Å². The Morgan fingerprint density at radius 2 is 1.78 bits per heavy atom. The van der Waals surface area contributed by atoms with Crippen molar-refractivity contribution < 1.29 is 17.9 Å². The fraction of sp³-hybridized carbons (Fsp3) is 0.294. The third-order valence-corrected chi connectivity index (χ3v) is 5.62. The van der Waals surface area contributed by atoms with Crippen molar-refractivity contribution in [3.63, 3.8) is 0 Å². The van der Waals surface area contributed by atoms with Crippen LogP contribution in [0.3, 0.4) is 0 Å². The van der Waals surface area contributed by atoms with Crippen LogP contribution in [0.2, 0.25) is 0 Å². The molecule has 2 aromatic rings. The van der Waals surface area contributed by atoms with Gasteiger partial charge in [-0.2, -0.15) is 0 Å². The molecule has 0 aromatic heterocycles. The molecule has 0 N–H and O–H groups in total. The molecule has 1 aliphatic rings. The summed E-state index contributed by atoms with van der Waals surface area (Å²) >= 11 is 0. The third kappa shape index (κ3) is 3.12. The Morgan fingerprint density at radius 1 is 1.04 bits per heavy atom. The summed E-state index contributed by atoms with van der Waals surface area (Å²) < 4.78 is 38.3. The highest BCUT2D eigenvalue weighted by Crippen LogP contribution is 2.34. The van der Waals surface area contributed by atoms with E-state index >= 15 is 0 Å². The van der Waals surface area contributed by atoms with Crippen LogP contribution in [0.1, 0.15) is 12.8 Å². The number of sulfonamides is 1. The first kappa shape index (κ1) is 15.7. The number of methoxy groups -OCH3 is 1. The highest BCUT2D eigenvalue weighted by Gasteiger charge is 2.27. The summed E-state index contributed by atoms with van der Waals surface area (Å²) in [5.74, 6) is 1.23. The molecule has 0 unspecified atom stereocenters. The average Bonchev–Trinajstić information content (AvgIpc) is 2.55. The predicted octanol–water partition coefficient (Wildman–Crippen LogP) is 3.06. The molecule has 0 radical (unpaired) electrons. The van der Waals surface area contributed by atoms with E-state index in [-0.39, 0.29) is 4.90 Å². The van der Waals surface area contributed by atoms with Gasteiger partial charge in [0.05, 0.1) is 24.3 Å². The number of hydrogen-bond acceptors (Lipinski definition) is 4. The summed E-state index contributed by atoms with van der Waals surface area (Å²) in [5, 5.41) is 0. The van der Waals surface area contributed by atoms with Crippen molar-refractivity contribution in [1.82, 2.24) is 0 Å². The van der Waals surface area contributed by atoms with E-state index < -0.39 is 10.0 Å². The molecule has 0 amide bonds. The van der Waals surface area contributed by atoms with Gasteiger partial charge in [0.15, 0.2) is 0 Å². The molecule has 0 saturated carbocycles. The van der Waals surface area contributed by atoms with E-state index in [9.17, 15) is 8.42 Å². The normalized spacial score (nSPS) is 15.1. The summed E-state index contributed by atoms with van der Waals surface area (Å²) in [7, 11) is -2.09. The van der Waals surface area contributed by atoms with E-state index in [1.165, 1.54) is 4.31 Å². The lowest BCUT2D eigenvalue weighted by Gasteiger charge is -2.28. The first-order chi connectivity index (χ1) is 11.1. The lowest BCUT2D eigenvalue weighted by atomic mass is 10.2. The summed E-state index contributed by atoms with van der Waals surface area (Å²) in [6.45, 7) is 1.04. The lowest BCUT2D eigenvalue weighted by Crippen LogP contribution is -2.33. The molecule has 1 aliphatic heterocycles. The summed E-state index contributed by atoms with van der Waals surface area (Å²) in [6.07, 6.45) is 1.58. The van der Waals surface area contributed by atoms with Gasteiger partial charge in [-0.25, -0.2) is 8.42 Å². The number of rotatable bonds is 3. The van der Waals surface area contributed by atoms with Crippen molar-refractivity contribution in [1.29, 1.82) is 0 Å². The fourth-order valence-corrected chi connectivity index (χ4v) is 4.08. The molecular weight excluding hydrogens is 314 g/mol. The Morgan fingerprint density at radius 3 is 2.52 bits per heavy atom. The Hall–Kier alpha value is -2.21. The van der Waals surface area contributed by atoms with Crippen molar-refractivity contribution in [2.75, 3.05) is 24.6 Å². The van der Waals surface area contributed by atoms with Crippen LogP contribution < -0.4 is 13.8 Å². The maximum Gasteiger partial charge on any atom is 0.264 e. The SMILES string of the molecule is COc1ccc(S(=O)(=O)N2CCCCOc3ccccc32)cc1. The molecule has 122 valence electrons. The first-order valence-corrected chi connectivity index (χ1v) is 8.95. The average molecular weight is 333 g/mol. The van der Waals surface area contributed by atoms with Gasteiger partial charge in [-0.15, -0.1) is 0 Å². The first-order valence-electron chi connectivity index (χ1n) is 7.51. The number of benzene rings is 2. The van der Waals surface area contributed by atoms with Crippen LogP contribution in [0.4, 0.5) is 5.69 Å². The van der Waals surface area contributed by atoms with Gasteiger partial charge < -0.3 is 9.47 Å². The highest BCUT2D eigenvalue weighted by molar-refractivity contribution is 7.92. The van der Waals surface area contributed by atoms with E-state index in [1.807, 2.05) is 12.1 Å². The number of fused-ring (bicyclic) bond motifs is 1. The van der Waals surface area contributed by atoms with Crippen LogP contribution in [-0.4, -0.2) is 28.7 Å². The van der Waals surface area contributed by atoms with Crippen molar-refractivity contribution >= 4 is 15.7 Å². The molecule has 0 bridgehead atoms. The maximum absolute atomic E-state index is 13.0. The zero-order valence-corrected chi connectivity index (χ0v) is 13.8. The molecule has 5 nitrogen and oxygen atoms in total. The van der Waals surface area contributed by atoms with Crippen LogP contribution in [0.5, 0.6) is 11.5 Å². The Labute approximate surface area is 136 Å². The minimum atomic E-state index is -3.64. The molecule has 0 saturated heterocycles. The van der Waals surface area contributed by atoms with Gasteiger partial charge in [0, 0.05) is 6.54 Å². The van der Waals surface area contributed by atoms with E-state index in [4.69, 9.17) is 9.47 Å². The standard InChI is InChI=1S/C17H19NO4S/c1-21-14-8-10-15(11-9-14)23(19,20)18-12-4-5-13-22-17-7-3-2-6-16(17)18/h2-3,6-11H,4-5,12-13H2,1H3. The molecule has 1 heterocycles. The molecule has 0 atom stereocenters. The zero-order valence-electron chi connectivity index (χ0n) is 12.9. The van der Waals surface area contributed by atoms with Crippen molar-refractivity contribution in [2.45, 2.75) is 17.7 Å². The zero-order chi connectivity index (χ0) is 16.3. The Bertz CT molecular complexity index is 771. The summed E-state index contributed by atoms with van der Waals surface area (Å²) in [6, 6.07) is 13.7. The minimum absolute atomic E-state index is 0.244. The van der Waals surface area contributed by atoms with Crippen LogP contribution in [0, 0.1) is 0 Å². The van der Waals surface area contributed by atoms with Crippen molar-refractivity contribution in [3.8, 4) is 11.5 Å².